The molecule has 0 saturated carbocycles. The third-order valence-electron chi connectivity index (χ3n) is 2.84. The summed E-state index contributed by atoms with van der Waals surface area (Å²) in [5.74, 6) is 0.798. The predicted molar refractivity (Wildman–Crippen MR) is 78.1 cm³/mol. The molecule has 0 heterocycles. The van der Waals surface area contributed by atoms with Crippen molar-refractivity contribution in [2.75, 3.05) is 47.3 Å². The first-order chi connectivity index (χ1) is 9.79. The second-order valence-electron chi connectivity index (χ2n) is 4.38. The molecule has 1 aromatic carbocycles. The van der Waals surface area contributed by atoms with Crippen molar-refractivity contribution in [3.63, 3.8) is 0 Å². The van der Waals surface area contributed by atoms with Crippen molar-refractivity contribution in [3.05, 3.63) is 29.8 Å². The average Bonchev–Trinajstić information content (AvgIpc) is 2.49. The summed E-state index contributed by atoms with van der Waals surface area (Å²) < 4.78 is 21.1. The largest absolute Gasteiger partial charge is 0.496 e. The second kappa shape index (κ2) is 10.6. The Morgan fingerprint density at radius 2 is 1.75 bits per heavy atom. The number of methoxy groups -OCH3 is 2. The molecule has 0 spiro atoms. The molecular formula is C15H25NO4. The van der Waals surface area contributed by atoms with E-state index in [0.717, 1.165) is 17.7 Å². The summed E-state index contributed by atoms with van der Waals surface area (Å²) in [4.78, 5) is 0. The van der Waals surface area contributed by atoms with E-state index in [-0.39, 0.29) is 6.04 Å². The first kappa shape index (κ1) is 16.9. The number of hydrogen-bond donors (Lipinski definition) is 1. The van der Waals surface area contributed by atoms with Crippen LogP contribution in [0.2, 0.25) is 0 Å². The lowest BCUT2D eigenvalue weighted by atomic mass is 10.1. The Morgan fingerprint density at radius 3 is 2.50 bits per heavy atom. The molecule has 1 unspecified atom stereocenters. The number of nitrogens with two attached hydrogens (primary N) is 1. The fourth-order valence-corrected chi connectivity index (χ4v) is 1.78. The van der Waals surface area contributed by atoms with E-state index in [1.54, 1.807) is 14.2 Å². The summed E-state index contributed by atoms with van der Waals surface area (Å²) in [5.41, 5.74) is 7.06. The van der Waals surface area contributed by atoms with Crippen LogP contribution < -0.4 is 10.5 Å². The van der Waals surface area contributed by atoms with Gasteiger partial charge in [0.05, 0.1) is 33.0 Å². The first-order valence-electron chi connectivity index (χ1n) is 6.82. The predicted octanol–water partition coefficient (Wildman–Crippen LogP) is 1.76. The van der Waals surface area contributed by atoms with Crippen molar-refractivity contribution in [1.82, 2.24) is 0 Å². The fraction of sp³-hybridized carbons (Fsp3) is 0.600. The Labute approximate surface area is 121 Å². The van der Waals surface area contributed by atoms with Crippen molar-refractivity contribution in [2.45, 2.75) is 12.5 Å². The van der Waals surface area contributed by atoms with E-state index in [1.807, 2.05) is 24.3 Å². The van der Waals surface area contributed by atoms with Crippen molar-refractivity contribution < 1.29 is 18.9 Å². The van der Waals surface area contributed by atoms with Gasteiger partial charge in [0, 0.05) is 25.9 Å². The number of ether oxygens (including phenoxy) is 4. The topological polar surface area (TPSA) is 62.9 Å². The first-order valence-corrected chi connectivity index (χ1v) is 6.82. The van der Waals surface area contributed by atoms with Crippen LogP contribution in [0.4, 0.5) is 0 Å². The average molecular weight is 283 g/mol. The molecule has 0 aliphatic carbocycles. The summed E-state index contributed by atoms with van der Waals surface area (Å²) in [6.45, 7) is 3.03. The zero-order valence-electron chi connectivity index (χ0n) is 12.3. The SMILES string of the molecule is COCCOCCCOCC(N)c1ccccc1OC. The summed E-state index contributed by atoms with van der Waals surface area (Å²) in [5, 5.41) is 0. The van der Waals surface area contributed by atoms with E-state index in [4.69, 9.17) is 24.7 Å². The van der Waals surface area contributed by atoms with Crippen molar-refractivity contribution in [3.8, 4) is 5.75 Å². The number of para-hydroxylation sites is 1. The molecule has 0 aromatic heterocycles. The number of rotatable bonds is 11. The van der Waals surface area contributed by atoms with Gasteiger partial charge in [0.1, 0.15) is 5.75 Å². The van der Waals surface area contributed by atoms with Crippen LogP contribution in [0, 0.1) is 0 Å². The Bertz CT molecular complexity index is 359. The molecule has 114 valence electrons. The summed E-state index contributed by atoms with van der Waals surface area (Å²) >= 11 is 0. The summed E-state index contributed by atoms with van der Waals surface area (Å²) in [6, 6.07) is 7.55. The van der Waals surface area contributed by atoms with Gasteiger partial charge in [-0.15, -0.1) is 0 Å². The Morgan fingerprint density at radius 1 is 1.00 bits per heavy atom. The maximum Gasteiger partial charge on any atom is 0.123 e. The highest BCUT2D eigenvalue weighted by molar-refractivity contribution is 5.35. The Hall–Kier alpha value is -1.14. The Balaban J connectivity index is 2.15. The zero-order valence-corrected chi connectivity index (χ0v) is 12.3. The molecule has 0 bridgehead atoms. The van der Waals surface area contributed by atoms with E-state index in [0.29, 0.717) is 33.0 Å². The molecule has 1 atom stereocenters. The highest BCUT2D eigenvalue weighted by Crippen LogP contribution is 2.23. The van der Waals surface area contributed by atoms with E-state index < -0.39 is 0 Å². The van der Waals surface area contributed by atoms with Gasteiger partial charge < -0.3 is 24.7 Å². The van der Waals surface area contributed by atoms with Crippen molar-refractivity contribution in [2.24, 2.45) is 5.73 Å². The smallest absolute Gasteiger partial charge is 0.123 e. The van der Waals surface area contributed by atoms with Crippen LogP contribution in [-0.4, -0.2) is 47.3 Å². The van der Waals surface area contributed by atoms with Gasteiger partial charge in [-0.25, -0.2) is 0 Å². The lowest BCUT2D eigenvalue weighted by molar-refractivity contribution is 0.0491. The zero-order chi connectivity index (χ0) is 14.6. The second-order valence-corrected chi connectivity index (χ2v) is 4.38. The van der Waals surface area contributed by atoms with Crippen molar-refractivity contribution >= 4 is 0 Å². The molecule has 0 aliphatic rings. The lowest BCUT2D eigenvalue weighted by Crippen LogP contribution is -2.18. The third-order valence-corrected chi connectivity index (χ3v) is 2.84. The van der Waals surface area contributed by atoms with E-state index in [2.05, 4.69) is 0 Å². The van der Waals surface area contributed by atoms with Crippen LogP contribution in [-0.2, 0) is 14.2 Å². The normalized spacial score (nSPS) is 12.3. The molecule has 5 heteroatoms. The molecule has 0 radical (unpaired) electrons. The van der Waals surface area contributed by atoms with Crippen LogP contribution in [0.3, 0.4) is 0 Å². The molecule has 0 fully saturated rings. The quantitative estimate of drug-likeness (QED) is 0.627. The maximum absolute atomic E-state index is 6.10. The molecule has 2 N–H and O–H groups in total. The van der Waals surface area contributed by atoms with Gasteiger partial charge in [-0.3, -0.25) is 0 Å². The molecule has 1 aromatic rings. The van der Waals surface area contributed by atoms with Gasteiger partial charge in [-0.2, -0.15) is 0 Å². The minimum atomic E-state index is -0.180. The molecule has 1 rings (SSSR count). The standard InChI is InChI=1S/C15H25NO4/c1-17-10-11-19-8-5-9-20-12-14(16)13-6-3-4-7-15(13)18-2/h3-4,6-7,14H,5,8-12,16H2,1-2H3. The van der Waals surface area contributed by atoms with Crippen LogP contribution in [0.5, 0.6) is 5.75 Å². The van der Waals surface area contributed by atoms with Crippen LogP contribution in [0.15, 0.2) is 24.3 Å². The molecular weight excluding hydrogens is 258 g/mol. The highest BCUT2D eigenvalue weighted by atomic mass is 16.5. The minimum absolute atomic E-state index is 0.180. The third kappa shape index (κ3) is 6.34. The highest BCUT2D eigenvalue weighted by Gasteiger charge is 2.11. The van der Waals surface area contributed by atoms with Crippen molar-refractivity contribution in [1.29, 1.82) is 0 Å². The monoisotopic (exact) mass is 283 g/mol. The lowest BCUT2D eigenvalue weighted by Gasteiger charge is -2.15. The summed E-state index contributed by atoms with van der Waals surface area (Å²) in [6.07, 6.45) is 0.850. The van der Waals surface area contributed by atoms with Gasteiger partial charge in [-0.05, 0) is 12.5 Å². The number of benzene rings is 1. The Kier molecular flexibility index (Phi) is 8.98. The van der Waals surface area contributed by atoms with Gasteiger partial charge in [0.15, 0.2) is 0 Å². The van der Waals surface area contributed by atoms with E-state index in [1.165, 1.54) is 0 Å². The fourth-order valence-electron chi connectivity index (χ4n) is 1.78. The molecule has 0 saturated heterocycles. The molecule has 20 heavy (non-hydrogen) atoms. The molecule has 0 aliphatic heterocycles. The summed E-state index contributed by atoms with van der Waals surface area (Å²) in [7, 11) is 3.30. The van der Waals surface area contributed by atoms with E-state index in [9.17, 15) is 0 Å². The molecule has 5 nitrogen and oxygen atoms in total. The molecule has 0 amide bonds. The van der Waals surface area contributed by atoms with Crippen LogP contribution in [0.25, 0.3) is 0 Å². The van der Waals surface area contributed by atoms with E-state index >= 15 is 0 Å². The van der Waals surface area contributed by atoms with Gasteiger partial charge in [0.25, 0.3) is 0 Å². The number of hydrogen-bond acceptors (Lipinski definition) is 5. The van der Waals surface area contributed by atoms with Gasteiger partial charge in [-0.1, -0.05) is 18.2 Å². The van der Waals surface area contributed by atoms with Crippen LogP contribution >= 0.6 is 0 Å². The minimum Gasteiger partial charge on any atom is -0.496 e. The maximum atomic E-state index is 6.10. The van der Waals surface area contributed by atoms with Gasteiger partial charge in [0.2, 0.25) is 0 Å². The van der Waals surface area contributed by atoms with Gasteiger partial charge >= 0.3 is 0 Å². The van der Waals surface area contributed by atoms with Crippen LogP contribution in [0.1, 0.15) is 18.0 Å².